The van der Waals surface area contributed by atoms with E-state index in [0.717, 1.165) is 95.3 Å². The molecule has 0 saturated carbocycles. The SMILES string of the molecule is CCCCCCCCOc1ccc(/C=C/c2ccc(-c3nnc(-c4ccc(/C=C/c5ccc(OCCCCCCCC)c(OCCCCCCCC)c5)cc4)o3)cc2)cc1OCCCCCCCC. The number of ether oxygens (including phenoxy) is 4. The van der Waals surface area contributed by atoms with Crippen LogP contribution in [0.2, 0.25) is 0 Å². The summed E-state index contributed by atoms with van der Waals surface area (Å²) in [6.07, 6.45) is 38.2. The van der Waals surface area contributed by atoms with Crippen molar-refractivity contribution in [1.29, 1.82) is 0 Å². The Morgan fingerprint density at radius 2 is 0.594 bits per heavy atom. The summed E-state index contributed by atoms with van der Waals surface area (Å²) in [5.74, 6) is 4.30. The number of benzene rings is 4. The second-order valence-corrected chi connectivity index (χ2v) is 18.7. The Morgan fingerprint density at radius 1 is 0.319 bits per heavy atom. The van der Waals surface area contributed by atoms with Crippen LogP contribution in [0.4, 0.5) is 0 Å². The van der Waals surface area contributed by atoms with Gasteiger partial charge >= 0.3 is 0 Å². The summed E-state index contributed by atoms with van der Waals surface area (Å²) < 4.78 is 31.4. The maximum Gasteiger partial charge on any atom is 0.248 e. The third-order valence-electron chi connectivity index (χ3n) is 12.6. The zero-order valence-corrected chi connectivity index (χ0v) is 43.1. The van der Waals surface area contributed by atoms with Gasteiger partial charge in [0.1, 0.15) is 0 Å². The van der Waals surface area contributed by atoms with Crippen LogP contribution in [0.25, 0.3) is 47.2 Å². The molecule has 1 aromatic heterocycles. The van der Waals surface area contributed by atoms with Gasteiger partial charge in [-0.3, -0.25) is 0 Å². The lowest BCUT2D eigenvalue weighted by molar-refractivity contribution is 0.258. The van der Waals surface area contributed by atoms with Crippen molar-refractivity contribution in [2.45, 2.75) is 182 Å². The smallest absolute Gasteiger partial charge is 0.248 e. The molecule has 5 aromatic rings. The molecule has 0 aliphatic heterocycles. The first-order valence-corrected chi connectivity index (χ1v) is 27.3. The van der Waals surface area contributed by atoms with Crippen LogP contribution in [0.3, 0.4) is 0 Å². The van der Waals surface area contributed by atoms with Gasteiger partial charge in [-0.15, -0.1) is 10.2 Å². The van der Waals surface area contributed by atoms with Crippen LogP contribution < -0.4 is 18.9 Å². The fourth-order valence-electron chi connectivity index (χ4n) is 8.29. The van der Waals surface area contributed by atoms with Gasteiger partial charge in [0.2, 0.25) is 11.8 Å². The molecule has 1 heterocycles. The summed E-state index contributed by atoms with van der Waals surface area (Å²) in [4.78, 5) is 0. The summed E-state index contributed by atoms with van der Waals surface area (Å²) >= 11 is 0. The van der Waals surface area contributed by atoms with E-state index in [1.165, 1.54) is 128 Å². The van der Waals surface area contributed by atoms with Crippen molar-refractivity contribution >= 4 is 24.3 Å². The van der Waals surface area contributed by atoms with Gasteiger partial charge in [0.25, 0.3) is 0 Å². The van der Waals surface area contributed by atoms with E-state index in [9.17, 15) is 0 Å². The van der Waals surface area contributed by atoms with Gasteiger partial charge < -0.3 is 23.4 Å². The Hall–Kier alpha value is -5.30. The molecule has 0 unspecified atom stereocenters. The number of nitrogens with zero attached hydrogens (tertiary/aromatic N) is 2. The molecule has 0 aliphatic carbocycles. The maximum absolute atomic E-state index is 6.34. The molecule has 0 N–H and O–H groups in total. The number of unbranched alkanes of at least 4 members (excludes halogenated alkanes) is 20. The van der Waals surface area contributed by atoms with Gasteiger partial charge in [-0.1, -0.05) is 217 Å². The minimum Gasteiger partial charge on any atom is -0.490 e. The van der Waals surface area contributed by atoms with Crippen molar-refractivity contribution in [3.05, 3.63) is 107 Å². The van der Waals surface area contributed by atoms with Gasteiger partial charge in [0.05, 0.1) is 26.4 Å². The molecule has 69 heavy (non-hydrogen) atoms. The van der Waals surface area contributed by atoms with E-state index < -0.39 is 0 Å². The minimum absolute atomic E-state index is 0.488. The number of aromatic nitrogens is 2. The second kappa shape index (κ2) is 34.1. The highest BCUT2D eigenvalue weighted by molar-refractivity contribution is 5.73. The second-order valence-electron chi connectivity index (χ2n) is 18.7. The van der Waals surface area contributed by atoms with E-state index in [4.69, 9.17) is 23.4 Å². The van der Waals surface area contributed by atoms with Crippen LogP contribution in [-0.4, -0.2) is 36.6 Å². The molecule has 374 valence electrons. The lowest BCUT2D eigenvalue weighted by Gasteiger charge is -2.14. The highest BCUT2D eigenvalue weighted by Gasteiger charge is 2.12. The molecule has 7 heteroatoms. The molecule has 0 saturated heterocycles. The molecule has 0 spiro atoms. The van der Waals surface area contributed by atoms with Gasteiger partial charge in [0, 0.05) is 11.1 Å². The van der Waals surface area contributed by atoms with Crippen LogP contribution >= 0.6 is 0 Å². The maximum atomic E-state index is 6.34. The average molecular weight is 939 g/mol. The predicted molar refractivity (Wildman–Crippen MR) is 291 cm³/mol. The quantitative estimate of drug-likeness (QED) is 0.0288. The van der Waals surface area contributed by atoms with E-state index in [1.54, 1.807) is 0 Å². The van der Waals surface area contributed by atoms with Gasteiger partial charge in [-0.2, -0.15) is 0 Å². The summed E-state index contributed by atoms with van der Waals surface area (Å²) in [6, 6.07) is 29.0. The van der Waals surface area contributed by atoms with Crippen LogP contribution in [-0.2, 0) is 0 Å². The topological polar surface area (TPSA) is 75.8 Å². The van der Waals surface area contributed by atoms with E-state index in [-0.39, 0.29) is 0 Å². The first-order valence-electron chi connectivity index (χ1n) is 27.3. The monoisotopic (exact) mass is 939 g/mol. The van der Waals surface area contributed by atoms with E-state index in [0.29, 0.717) is 25.0 Å². The van der Waals surface area contributed by atoms with E-state index in [1.807, 2.05) is 24.3 Å². The Balaban J connectivity index is 1.15. The summed E-state index contributed by atoms with van der Waals surface area (Å²) in [5.41, 5.74) is 6.04. The Morgan fingerprint density at radius 3 is 0.928 bits per heavy atom. The number of rotatable bonds is 38. The molecule has 0 amide bonds. The first kappa shape index (κ1) is 54.6. The normalized spacial score (nSPS) is 11.5. The van der Waals surface area contributed by atoms with E-state index in [2.05, 4.69) is 123 Å². The van der Waals surface area contributed by atoms with Crippen molar-refractivity contribution in [2.24, 2.45) is 0 Å². The van der Waals surface area contributed by atoms with Gasteiger partial charge in [0.15, 0.2) is 23.0 Å². The fourth-order valence-corrected chi connectivity index (χ4v) is 8.29. The molecule has 5 rings (SSSR count). The minimum atomic E-state index is 0.488. The molecule has 4 aromatic carbocycles. The van der Waals surface area contributed by atoms with Crippen molar-refractivity contribution in [3.63, 3.8) is 0 Å². The largest absolute Gasteiger partial charge is 0.490 e. The predicted octanol–water partition coefficient (Wildman–Crippen LogP) is 18.7. The molecule has 0 radical (unpaired) electrons. The van der Waals surface area contributed by atoms with E-state index >= 15 is 0 Å². The zero-order valence-electron chi connectivity index (χ0n) is 43.1. The summed E-state index contributed by atoms with van der Waals surface area (Å²) in [6.45, 7) is 11.9. The summed E-state index contributed by atoms with van der Waals surface area (Å²) in [5, 5.41) is 8.79. The van der Waals surface area contributed by atoms with Crippen LogP contribution in [0, 0.1) is 0 Å². The van der Waals surface area contributed by atoms with Crippen LogP contribution in [0.1, 0.15) is 204 Å². The lowest BCUT2D eigenvalue weighted by Crippen LogP contribution is -2.03. The molecule has 0 aliphatic rings. The molecular formula is C62H86N2O5. The van der Waals surface area contributed by atoms with Crippen LogP contribution in [0.5, 0.6) is 23.0 Å². The Labute approximate surface area is 417 Å². The highest BCUT2D eigenvalue weighted by atomic mass is 16.5. The number of hydrogen-bond acceptors (Lipinski definition) is 7. The highest BCUT2D eigenvalue weighted by Crippen LogP contribution is 2.32. The van der Waals surface area contributed by atoms with Gasteiger partial charge in [-0.25, -0.2) is 0 Å². The van der Waals surface area contributed by atoms with Crippen molar-refractivity contribution < 1.29 is 23.4 Å². The molecule has 0 bridgehead atoms. The zero-order chi connectivity index (χ0) is 48.4. The van der Waals surface area contributed by atoms with Crippen molar-refractivity contribution in [1.82, 2.24) is 10.2 Å². The first-order chi connectivity index (χ1) is 34.1. The van der Waals surface area contributed by atoms with Crippen molar-refractivity contribution in [2.75, 3.05) is 26.4 Å². The van der Waals surface area contributed by atoms with Crippen LogP contribution in [0.15, 0.2) is 89.3 Å². The lowest BCUT2D eigenvalue weighted by atomic mass is 10.1. The average Bonchev–Trinajstić information content (AvgIpc) is 3.88. The molecule has 0 atom stereocenters. The molecular weight excluding hydrogens is 853 g/mol. The standard InChI is InChI=1S/C62H86N2O5/c1-5-9-13-17-21-25-45-65-57-43-37-53(49-59(57)67-47-27-23-19-15-11-7-3)31-29-51-33-39-55(40-34-51)61-63-64-62(69-61)56-41-35-52(36-42-56)30-32-54-38-44-58(66-46-26-22-18-14-10-6-2)60(50-54)68-48-28-24-20-16-12-8-4/h29-44,49-50H,5-28,45-48H2,1-4H3/b31-29+,32-30+. The van der Waals surface area contributed by atoms with Gasteiger partial charge in [-0.05, 0) is 96.5 Å². The third kappa shape index (κ3) is 21.5. The fraction of sp³-hybridized carbons (Fsp3) is 0.516. The summed E-state index contributed by atoms with van der Waals surface area (Å²) in [7, 11) is 0. The third-order valence-corrected chi connectivity index (χ3v) is 12.6. The number of hydrogen-bond donors (Lipinski definition) is 0. The Bertz CT molecular complexity index is 2000. The molecule has 7 nitrogen and oxygen atoms in total. The van der Waals surface area contributed by atoms with Crippen molar-refractivity contribution in [3.8, 4) is 45.9 Å². The Kier molecular flexibility index (Phi) is 27.0. The molecule has 0 fully saturated rings.